The van der Waals surface area contributed by atoms with Crippen molar-refractivity contribution < 1.29 is 32.3 Å². The molecule has 0 spiro atoms. The van der Waals surface area contributed by atoms with Crippen LogP contribution >= 0.6 is 11.6 Å². The molecule has 8 heteroatoms. The highest BCUT2D eigenvalue weighted by molar-refractivity contribution is 6.33. The lowest BCUT2D eigenvalue weighted by molar-refractivity contribution is 0.0435. The van der Waals surface area contributed by atoms with E-state index in [1.54, 1.807) is 31.2 Å². The molecule has 140 valence electrons. The third-order valence-corrected chi connectivity index (χ3v) is 4.05. The fourth-order valence-corrected chi connectivity index (χ4v) is 2.73. The molecule has 27 heavy (non-hydrogen) atoms. The molecule has 2 aromatic carbocycles. The fourth-order valence-electron chi connectivity index (χ4n) is 2.50. The standard InChI is InChI=1S/C19H13ClF2O5/c1-2-25-19(24)17-12(10-5-3-4-6-16(10)27-17)9-26-18(23)11-7-14(21)15(22)8-13(11)20/h3-8H,2,9H2,1H3. The molecule has 0 amide bonds. The first-order valence-electron chi connectivity index (χ1n) is 7.91. The van der Waals surface area contributed by atoms with Gasteiger partial charge in [0.1, 0.15) is 12.2 Å². The van der Waals surface area contributed by atoms with Crippen molar-refractivity contribution in [2.24, 2.45) is 0 Å². The molecule has 0 fully saturated rings. The Labute approximate surface area is 157 Å². The molecule has 0 atom stereocenters. The van der Waals surface area contributed by atoms with Crippen molar-refractivity contribution in [2.45, 2.75) is 13.5 Å². The summed E-state index contributed by atoms with van der Waals surface area (Å²) in [7, 11) is 0. The average molecular weight is 395 g/mol. The summed E-state index contributed by atoms with van der Waals surface area (Å²) in [6.45, 7) is 1.43. The highest BCUT2D eigenvalue weighted by Crippen LogP contribution is 2.28. The Kier molecular flexibility index (Phi) is 5.41. The van der Waals surface area contributed by atoms with E-state index in [0.717, 1.165) is 0 Å². The number of furan rings is 1. The van der Waals surface area contributed by atoms with E-state index in [1.165, 1.54) is 0 Å². The van der Waals surface area contributed by atoms with Gasteiger partial charge in [0.25, 0.3) is 0 Å². The third-order valence-electron chi connectivity index (χ3n) is 3.74. The minimum absolute atomic E-state index is 0.0952. The van der Waals surface area contributed by atoms with E-state index >= 15 is 0 Å². The van der Waals surface area contributed by atoms with Gasteiger partial charge in [-0.05, 0) is 25.1 Å². The number of carbonyl (C=O) groups excluding carboxylic acids is 2. The van der Waals surface area contributed by atoms with Crippen LogP contribution in [0.2, 0.25) is 5.02 Å². The van der Waals surface area contributed by atoms with Crippen molar-refractivity contribution in [2.75, 3.05) is 6.61 Å². The molecular weight excluding hydrogens is 382 g/mol. The van der Waals surface area contributed by atoms with E-state index in [0.29, 0.717) is 28.7 Å². The molecule has 0 aliphatic rings. The second-order valence-electron chi connectivity index (χ2n) is 5.45. The molecule has 0 radical (unpaired) electrons. The molecule has 5 nitrogen and oxygen atoms in total. The first kappa shape index (κ1) is 18.8. The summed E-state index contributed by atoms with van der Waals surface area (Å²) < 4.78 is 42.1. The van der Waals surface area contributed by atoms with Gasteiger partial charge < -0.3 is 13.9 Å². The Balaban J connectivity index is 1.90. The maximum Gasteiger partial charge on any atom is 0.374 e. The lowest BCUT2D eigenvalue weighted by Crippen LogP contribution is -2.10. The summed E-state index contributed by atoms with van der Waals surface area (Å²) in [6.07, 6.45) is 0. The molecule has 0 unspecified atom stereocenters. The van der Waals surface area contributed by atoms with Crippen LogP contribution in [0.15, 0.2) is 40.8 Å². The van der Waals surface area contributed by atoms with Gasteiger partial charge in [0.2, 0.25) is 5.76 Å². The van der Waals surface area contributed by atoms with Crippen molar-refractivity contribution in [1.82, 2.24) is 0 Å². The van der Waals surface area contributed by atoms with Gasteiger partial charge in [-0.1, -0.05) is 29.8 Å². The zero-order chi connectivity index (χ0) is 19.6. The van der Waals surface area contributed by atoms with Crippen LogP contribution in [0.25, 0.3) is 11.0 Å². The maximum absolute atomic E-state index is 13.4. The number of para-hydroxylation sites is 1. The highest BCUT2D eigenvalue weighted by atomic mass is 35.5. The Hall–Kier alpha value is -2.93. The van der Waals surface area contributed by atoms with Gasteiger partial charge in [-0.15, -0.1) is 0 Å². The summed E-state index contributed by atoms with van der Waals surface area (Å²) in [5.41, 5.74) is 0.384. The first-order valence-corrected chi connectivity index (χ1v) is 8.29. The summed E-state index contributed by atoms with van der Waals surface area (Å²) >= 11 is 5.77. The van der Waals surface area contributed by atoms with Gasteiger partial charge >= 0.3 is 11.9 Å². The first-order chi connectivity index (χ1) is 12.9. The Morgan fingerprint density at radius 1 is 1.07 bits per heavy atom. The number of benzene rings is 2. The van der Waals surface area contributed by atoms with Gasteiger partial charge in [-0.3, -0.25) is 0 Å². The van der Waals surface area contributed by atoms with Crippen LogP contribution in [0.3, 0.4) is 0 Å². The minimum Gasteiger partial charge on any atom is -0.460 e. The van der Waals surface area contributed by atoms with Crippen LogP contribution in [0.4, 0.5) is 8.78 Å². The lowest BCUT2D eigenvalue weighted by Gasteiger charge is -2.07. The summed E-state index contributed by atoms with van der Waals surface area (Å²) in [6, 6.07) is 8.12. The van der Waals surface area contributed by atoms with Crippen molar-refractivity contribution in [3.8, 4) is 0 Å². The monoisotopic (exact) mass is 394 g/mol. The van der Waals surface area contributed by atoms with Gasteiger partial charge in [-0.2, -0.15) is 0 Å². The number of halogens is 3. The Morgan fingerprint density at radius 2 is 1.78 bits per heavy atom. The second-order valence-corrected chi connectivity index (χ2v) is 5.86. The molecule has 0 bridgehead atoms. The molecule has 1 heterocycles. The Bertz CT molecular complexity index is 1030. The molecule has 1 aromatic heterocycles. The predicted octanol–water partition coefficient (Wildman–Crippen LogP) is 4.90. The summed E-state index contributed by atoms with van der Waals surface area (Å²) in [5, 5.41) is 0.270. The van der Waals surface area contributed by atoms with Crippen LogP contribution in [0.1, 0.15) is 33.4 Å². The van der Waals surface area contributed by atoms with Crippen LogP contribution in [0.5, 0.6) is 0 Å². The van der Waals surface area contributed by atoms with Gasteiger partial charge in [0.15, 0.2) is 11.6 Å². The molecule has 0 saturated carbocycles. The number of carbonyl (C=O) groups is 2. The summed E-state index contributed by atoms with van der Waals surface area (Å²) in [4.78, 5) is 24.3. The molecule has 3 rings (SSSR count). The summed E-state index contributed by atoms with van der Waals surface area (Å²) in [5.74, 6) is -4.18. The Morgan fingerprint density at radius 3 is 2.52 bits per heavy atom. The smallest absolute Gasteiger partial charge is 0.374 e. The largest absolute Gasteiger partial charge is 0.460 e. The van der Waals surface area contributed by atoms with E-state index < -0.39 is 23.6 Å². The normalized spacial score (nSPS) is 10.8. The van der Waals surface area contributed by atoms with Crippen LogP contribution in [-0.4, -0.2) is 18.5 Å². The molecule has 0 aliphatic carbocycles. The molecule has 0 N–H and O–H groups in total. The van der Waals surface area contributed by atoms with E-state index in [1.807, 2.05) is 0 Å². The molecule has 3 aromatic rings. The maximum atomic E-state index is 13.4. The van der Waals surface area contributed by atoms with Crippen LogP contribution < -0.4 is 0 Å². The van der Waals surface area contributed by atoms with Gasteiger partial charge in [0, 0.05) is 5.39 Å². The van der Waals surface area contributed by atoms with E-state index in [4.69, 9.17) is 25.5 Å². The van der Waals surface area contributed by atoms with E-state index in [9.17, 15) is 18.4 Å². The predicted molar refractivity (Wildman–Crippen MR) is 92.7 cm³/mol. The highest BCUT2D eigenvalue weighted by Gasteiger charge is 2.24. The fraction of sp³-hybridized carbons (Fsp3) is 0.158. The van der Waals surface area contributed by atoms with Gasteiger partial charge in [0.05, 0.1) is 22.8 Å². The lowest BCUT2D eigenvalue weighted by atomic mass is 10.1. The molecule has 0 saturated heterocycles. The van der Waals surface area contributed by atoms with Crippen molar-refractivity contribution >= 4 is 34.5 Å². The number of hydrogen-bond donors (Lipinski definition) is 0. The van der Waals surface area contributed by atoms with Crippen molar-refractivity contribution in [1.29, 1.82) is 0 Å². The number of rotatable bonds is 5. The topological polar surface area (TPSA) is 65.7 Å². The van der Waals surface area contributed by atoms with E-state index in [-0.39, 0.29) is 29.6 Å². The van der Waals surface area contributed by atoms with Gasteiger partial charge in [-0.25, -0.2) is 18.4 Å². The third kappa shape index (κ3) is 3.78. The van der Waals surface area contributed by atoms with Crippen LogP contribution in [0, 0.1) is 11.6 Å². The van der Waals surface area contributed by atoms with Crippen LogP contribution in [-0.2, 0) is 16.1 Å². The number of fused-ring (bicyclic) bond motifs is 1. The number of esters is 2. The zero-order valence-electron chi connectivity index (χ0n) is 14.1. The minimum atomic E-state index is -1.23. The SMILES string of the molecule is CCOC(=O)c1oc2ccccc2c1COC(=O)c1cc(F)c(F)cc1Cl. The van der Waals surface area contributed by atoms with Crippen molar-refractivity contribution in [3.63, 3.8) is 0 Å². The molecular formula is C19H13ClF2O5. The number of ether oxygens (including phenoxy) is 2. The second kappa shape index (κ2) is 7.75. The quantitative estimate of drug-likeness (QED) is 0.455. The van der Waals surface area contributed by atoms with E-state index in [2.05, 4.69) is 0 Å². The van der Waals surface area contributed by atoms with Crippen molar-refractivity contribution in [3.05, 3.63) is 69.9 Å². The number of hydrogen-bond acceptors (Lipinski definition) is 5. The molecule has 0 aliphatic heterocycles. The zero-order valence-corrected chi connectivity index (χ0v) is 14.8. The average Bonchev–Trinajstić information content (AvgIpc) is 3.01.